The van der Waals surface area contributed by atoms with Crippen LogP contribution in [0, 0.1) is 0 Å². The molecular formula is C12H21NaO7S. The topological polar surface area (TPSA) is 110 Å². The van der Waals surface area contributed by atoms with Gasteiger partial charge in [-0.05, 0) is 12.8 Å². The van der Waals surface area contributed by atoms with Crippen molar-refractivity contribution in [3.63, 3.8) is 0 Å². The van der Waals surface area contributed by atoms with Crippen LogP contribution >= 0.6 is 0 Å². The van der Waals surface area contributed by atoms with E-state index in [-0.39, 0.29) is 42.8 Å². The fourth-order valence-electron chi connectivity index (χ4n) is 1.25. The molecule has 1 atom stereocenters. The van der Waals surface area contributed by atoms with Crippen molar-refractivity contribution in [2.45, 2.75) is 51.2 Å². The number of ether oxygens (including phenoxy) is 2. The molecular weight excluding hydrogens is 311 g/mol. The molecule has 21 heavy (non-hydrogen) atoms. The van der Waals surface area contributed by atoms with Crippen molar-refractivity contribution in [3.8, 4) is 0 Å². The first-order chi connectivity index (χ1) is 9.32. The van der Waals surface area contributed by atoms with Crippen molar-refractivity contribution in [1.29, 1.82) is 0 Å². The Hall–Kier alpha value is -0.150. The summed E-state index contributed by atoms with van der Waals surface area (Å²) >= 11 is 0. The second kappa shape index (κ2) is 12.4. The average Bonchev–Trinajstić information content (AvgIpc) is 2.35. The zero-order valence-corrected chi connectivity index (χ0v) is 15.6. The Morgan fingerprint density at radius 3 is 1.95 bits per heavy atom. The SMILES string of the molecule is CCCCOC(=O)CC(C(=O)OCCCC)S(=O)(=O)[O-].[Na+]. The van der Waals surface area contributed by atoms with Gasteiger partial charge >= 0.3 is 41.5 Å². The minimum absolute atomic E-state index is 0. The van der Waals surface area contributed by atoms with Gasteiger partial charge in [0.2, 0.25) is 0 Å². The maximum atomic E-state index is 11.5. The number of carbonyl (C=O) groups is 2. The molecule has 7 nitrogen and oxygen atoms in total. The van der Waals surface area contributed by atoms with Gasteiger partial charge in [0.15, 0.2) is 5.25 Å². The van der Waals surface area contributed by atoms with Crippen LogP contribution in [0.4, 0.5) is 0 Å². The molecule has 0 aromatic carbocycles. The summed E-state index contributed by atoms with van der Waals surface area (Å²) in [4.78, 5) is 22.9. The maximum absolute atomic E-state index is 11.5. The van der Waals surface area contributed by atoms with E-state index in [1.165, 1.54) is 0 Å². The van der Waals surface area contributed by atoms with Gasteiger partial charge in [-0.15, -0.1) is 0 Å². The van der Waals surface area contributed by atoms with Crippen molar-refractivity contribution >= 4 is 22.1 Å². The average molecular weight is 332 g/mol. The molecule has 0 radical (unpaired) electrons. The predicted octanol–water partition coefficient (Wildman–Crippen LogP) is -2.02. The number of hydrogen-bond acceptors (Lipinski definition) is 7. The van der Waals surface area contributed by atoms with Gasteiger partial charge in [-0.25, -0.2) is 8.42 Å². The summed E-state index contributed by atoms with van der Waals surface area (Å²) in [5.41, 5.74) is 0. The van der Waals surface area contributed by atoms with Gasteiger partial charge in [-0.1, -0.05) is 26.7 Å². The van der Waals surface area contributed by atoms with Crippen molar-refractivity contribution in [3.05, 3.63) is 0 Å². The van der Waals surface area contributed by atoms with Crippen molar-refractivity contribution in [2.24, 2.45) is 0 Å². The second-order valence-electron chi connectivity index (χ2n) is 4.28. The van der Waals surface area contributed by atoms with Crippen molar-refractivity contribution in [1.82, 2.24) is 0 Å². The smallest absolute Gasteiger partial charge is 0.747 e. The number of rotatable bonds is 10. The first-order valence-corrected chi connectivity index (χ1v) is 8.07. The summed E-state index contributed by atoms with van der Waals surface area (Å²) < 4.78 is 42.4. The van der Waals surface area contributed by atoms with E-state index in [1.54, 1.807) is 0 Å². The summed E-state index contributed by atoms with van der Waals surface area (Å²) in [6, 6.07) is 0. The van der Waals surface area contributed by atoms with Crippen molar-refractivity contribution in [2.75, 3.05) is 13.2 Å². The molecule has 0 bridgehead atoms. The number of esters is 2. The summed E-state index contributed by atoms with van der Waals surface area (Å²) in [5.74, 6) is -2.09. The largest absolute Gasteiger partial charge is 1.00 e. The molecule has 0 aromatic rings. The quantitative estimate of drug-likeness (QED) is 0.197. The Labute approximate surface area is 147 Å². The van der Waals surface area contributed by atoms with Crippen LogP contribution in [0.1, 0.15) is 46.0 Å². The zero-order chi connectivity index (χ0) is 15.6. The molecule has 1 unspecified atom stereocenters. The van der Waals surface area contributed by atoms with Gasteiger partial charge in [0, 0.05) is 0 Å². The molecule has 118 valence electrons. The molecule has 0 aliphatic heterocycles. The molecule has 0 spiro atoms. The van der Waals surface area contributed by atoms with E-state index in [0.29, 0.717) is 12.8 Å². The maximum Gasteiger partial charge on any atom is 1.00 e. The minimum Gasteiger partial charge on any atom is -0.747 e. The molecule has 0 amide bonds. The third-order valence-corrected chi connectivity index (χ3v) is 3.52. The van der Waals surface area contributed by atoms with Crippen LogP contribution in [0.5, 0.6) is 0 Å². The summed E-state index contributed by atoms with van der Waals surface area (Å²) in [6.45, 7) is 3.91. The summed E-state index contributed by atoms with van der Waals surface area (Å²) in [6.07, 6.45) is 1.93. The first kappa shape index (κ1) is 23.1. The molecule has 0 saturated carbocycles. The van der Waals surface area contributed by atoms with Gasteiger partial charge in [-0.2, -0.15) is 0 Å². The Morgan fingerprint density at radius 1 is 1.05 bits per heavy atom. The predicted molar refractivity (Wildman–Crippen MR) is 69.8 cm³/mol. The van der Waals surface area contributed by atoms with Crippen LogP contribution in [0.15, 0.2) is 0 Å². The Morgan fingerprint density at radius 2 is 1.52 bits per heavy atom. The Bertz CT molecular complexity index is 408. The van der Waals surface area contributed by atoms with E-state index in [2.05, 4.69) is 4.74 Å². The molecule has 0 saturated heterocycles. The first-order valence-electron chi connectivity index (χ1n) is 6.59. The third kappa shape index (κ3) is 11.1. The van der Waals surface area contributed by atoms with E-state index in [4.69, 9.17) is 4.74 Å². The molecule has 0 N–H and O–H groups in total. The normalized spacial score (nSPS) is 12.1. The zero-order valence-electron chi connectivity index (χ0n) is 12.8. The Balaban J connectivity index is 0. The van der Waals surface area contributed by atoms with Crippen LogP contribution < -0.4 is 29.6 Å². The number of hydrogen-bond donors (Lipinski definition) is 0. The van der Waals surface area contributed by atoms with Gasteiger partial charge < -0.3 is 14.0 Å². The fraction of sp³-hybridized carbons (Fsp3) is 0.833. The summed E-state index contributed by atoms with van der Waals surface area (Å²) in [7, 11) is -4.95. The molecule has 9 heteroatoms. The fourth-order valence-corrected chi connectivity index (χ4v) is 1.90. The van der Waals surface area contributed by atoms with Gasteiger partial charge in [-0.3, -0.25) is 9.59 Å². The monoisotopic (exact) mass is 332 g/mol. The third-order valence-electron chi connectivity index (χ3n) is 2.47. The van der Waals surface area contributed by atoms with Crippen LogP contribution in [0.3, 0.4) is 0 Å². The van der Waals surface area contributed by atoms with Crippen molar-refractivity contribution < 1.29 is 61.6 Å². The minimum atomic E-state index is -4.95. The van der Waals surface area contributed by atoms with Crippen LogP contribution in [-0.4, -0.2) is 43.4 Å². The van der Waals surface area contributed by atoms with E-state index < -0.39 is 33.7 Å². The molecule has 0 aliphatic rings. The van der Waals surface area contributed by atoms with Gasteiger partial charge in [0.25, 0.3) is 0 Å². The van der Waals surface area contributed by atoms with E-state index in [9.17, 15) is 22.6 Å². The molecule has 0 rings (SSSR count). The van der Waals surface area contributed by atoms with E-state index in [0.717, 1.165) is 12.8 Å². The van der Waals surface area contributed by atoms with E-state index >= 15 is 0 Å². The standard InChI is InChI=1S/C12H22O7S.Na/c1-3-5-7-18-11(13)9-10(20(15,16)17)12(14)19-8-6-4-2;/h10H,3-9H2,1-2H3,(H,15,16,17);/q;+1/p-1. The van der Waals surface area contributed by atoms with Gasteiger partial charge in [0.05, 0.1) is 19.6 Å². The molecule has 0 aliphatic carbocycles. The number of unbranched alkanes of at least 4 members (excludes halogenated alkanes) is 2. The second-order valence-corrected chi connectivity index (χ2v) is 5.84. The summed E-state index contributed by atoms with van der Waals surface area (Å²) in [5, 5.41) is -2.03. The molecule has 0 heterocycles. The van der Waals surface area contributed by atoms with Crippen LogP contribution in [0.25, 0.3) is 0 Å². The molecule has 0 aromatic heterocycles. The number of carbonyl (C=O) groups excluding carboxylic acids is 2. The van der Waals surface area contributed by atoms with E-state index in [1.807, 2.05) is 13.8 Å². The van der Waals surface area contributed by atoms with Gasteiger partial charge in [0.1, 0.15) is 10.1 Å². The Kier molecular flexibility index (Phi) is 13.7. The van der Waals surface area contributed by atoms with Crippen LogP contribution in [-0.2, 0) is 29.2 Å². The van der Waals surface area contributed by atoms with Crippen LogP contribution in [0.2, 0.25) is 0 Å². The molecule has 0 fully saturated rings.